The van der Waals surface area contributed by atoms with Crippen LogP contribution in [0, 0.1) is 11.8 Å². The highest BCUT2D eigenvalue weighted by molar-refractivity contribution is 5.66. The molecule has 2 N–H and O–H groups in total. The Morgan fingerprint density at radius 1 is 1.23 bits per heavy atom. The molecule has 0 aromatic carbocycles. The highest BCUT2D eigenvalue weighted by Gasteiger charge is 2.49. The highest BCUT2D eigenvalue weighted by atomic mass is 17.2. The first-order chi connectivity index (χ1) is 12.7. The molecule has 0 spiro atoms. The van der Waals surface area contributed by atoms with Crippen LogP contribution in [0.15, 0.2) is 24.3 Å². The molecule has 0 aromatic heterocycles. The maximum atomic E-state index is 10.5. The summed E-state index contributed by atoms with van der Waals surface area (Å²) in [6, 6.07) is 0. The number of fused-ring (bicyclic) bond motifs is 2. The number of unbranched alkanes of at least 4 members (excludes halogenated alkanes) is 3. The van der Waals surface area contributed by atoms with Crippen molar-refractivity contribution in [2.75, 3.05) is 0 Å². The maximum Gasteiger partial charge on any atom is 0.303 e. The first kappa shape index (κ1) is 21.1. The summed E-state index contributed by atoms with van der Waals surface area (Å²) in [4.78, 5) is 25.9. The van der Waals surface area contributed by atoms with Crippen molar-refractivity contribution in [3.63, 3.8) is 0 Å². The standard InChI is InChI=1S/C20H32O6/c1-2-3-6-9-15(24-23)12-13-17-16(18-14-19(17)26-25-18)10-7-4-5-8-11-20(21)22/h4,7,12-13,15-19,23H,2-3,5-6,8-11,14H2,1H3,(H,21,22)/b7-4-,13-12+/t15-,16?,17+,18-,19+/m0/s1. The van der Waals surface area contributed by atoms with Gasteiger partial charge in [-0.2, -0.15) is 0 Å². The van der Waals surface area contributed by atoms with Crippen molar-refractivity contribution < 1.29 is 29.8 Å². The van der Waals surface area contributed by atoms with Gasteiger partial charge in [0, 0.05) is 24.7 Å². The molecular weight excluding hydrogens is 336 g/mol. The fourth-order valence-electron chi connectivity index (χ4n) is 3.79. The number of rotatable bonds is 13. The Kier molecular flexibility index (Phi) is 9.32. The molecule has 26 heavy (non-hydrogen) atoms. The van der Waals surface area contributed by atoms with Gasteiger partial charge in [0.2, 0.25) is 0 Å². The largest absolute Gasteiger partial charge is 0.481 e. The summed E-state index contributed by atoms with van der Waals surface area (Å²) < 4.78 is 0. The van der Waals surface area contributed by atoms with E-state index in [0.29, 0.717) is 12.3 Å². The summed E-state index contributed by atoms with van der Waals surface area (Å²) in [5.74, 6) is -0.154. The molecule has 1 aliphatic heterocycles. The van der Waals surface area contributed by atoms with Crippen molar-refractivity contribution in [2.24, 2.45) is 11.8 Å². The van der Waals surface area contributed by atoms with Crippen LogP contribution in [0.5, 0.6) is 0 Å². The van der Waals surface area contributed by atoms with Gasteiger partial charge in [0.15, 0.2) is 0 Å². The fourth-order valence-corrected chi connectivity index (χ4v) is 3.79. The van der Waals surface area contributed by atoms with E-state index in [0.717, 1.165) is 44.9 Å². The van der Waals surface area contributed by atoms with E-state index in [4.69, 9.17) is 20.1 Å². The van der Waals surface area contributed by atoms with Crippen molar-refractivity contribution in [1.82, 2.24) is 0 Å². The van der Waals surface area contributed by atoms with Gasteiger partial charge in [-0.15, -0.1) is 0 Å². The van der Waals surface area contributed by atoms with E-state index in [9.17, 15) is 4.79 Å². The molecule has 0 aromatic rings. The van der Waals surface area contributed by atoms with E-state index < -0.39 is 5.97 Å². The lowest BCUT2D eigenvalue weighted by molar-refractivity contribution is -0.336. The van der Waals surface area contributed by atoms with Crippen molar-refractivity contribution in [3.8, 4) is 0 Å². The van der Waals surface area contributed by atoms with Crippen LogP contribution in [0.4, 0.5) is 0 Å². The van der Waals surface area contributed by atoms with Crippen LogP contribution in [0.25, 0.3) is 0 Å². The first-order valence-corrected chi connectivity index (χ1v) is 9.83. The molecule has 1 heterocycles. The molecule has 2 aliphatic rings. The van der Waals surface area contributed by atoms with E-state index in [1.54, 1.807) is 0 Å². The Balaban J connectivity index is 1.82. The summed E-state index contributed by atoms with van der Waals surface area (Å²) in [7, 11) is 0. The minimum Gasteiger partial charge on any atom is -0.481 e. The third-order valence-electron chi connectivity index (χ3n) is 5.28. The Bertz CT molecular complexity index is 475. The number of allylic oxidation sites excluding steroid dienone is 2. The smallest absolute Gasteiger partial charge is 0.303 e. The second kappa shape index (κ2) is 11.5. The zero-order valence-corrected chi connectivity index (χ0v) is 15.6. The van der Waals surface area contributed by atoms with Gasteiger partial charge >= 0.3 is 5.97 Å². The second-order valence-electron chi connectivity index (χ2n) is 7.26. The number of carboxylic acids is 1. The van der Waals surface area contributed by atoms with Gasteiger partial charge in [-0.1, -0.05) is 50.5 Å². The molecular formula is C20H32O6. The van der Waals surface area contributed by atoms with Crippen molar-refractivity contribution in [3.05, 3.63) is 24.3 Å². The van der Waals surface area contributed by atoms with Gasteiger partial charge in [-0.25, -0.2) is 14.7 Å². The van der Waals surface area contributed by atoms with Crippen LogP contribution >= 0.6 is 0 Å². The Morgan fingerprint density at radius 2 is 2.04 bits per heavy atom. The van der Waals surface area contributed by atoms with Gasteiger partial charge in [-0.05, 0) is 25.7 Å². The molecule has 6 heteroatoms. The van der Waals surface area contributed by atoms with Gasteiger partial charge in [-0.3, -0.25) is 10.1 Å². The third kappa shape index (κ3) is 6.50. The Morgan fingerprint density at radius 3 is 2.77 bits per heavy atom. The molecule has 6 nitrogen and oxygen atoms in total. The Labute approximate surface area is 155 Å². The molecule has 1 saturated heterocycles. The molecule has 1 aliphatic carbocycles. The van der Waals surface area contributed by atoms with Crippen LogP contribution in [-0.2, 0) is 19.5 Å². The van der Waals surface area contributed by atoms with Crippen LogP contribution in [0.3, 0.4) is 0 Å². The zero-order chi connectivity index (χ0) is 18.8. The number of carboxylic acid groups (broad SMARTS) is 1. The highest BCUT2D eigenvalue weighted by Crippen LogP contribution is 2.44. The minimum atomic E-state index is -0.748. The zero-order valence-electron chi connectivity index (χ0n) is 15.6. The normalized spacial score (nSPS) is 29.2. The molecule has 2 fully saturated rings. The van der Waals surface area contributed by atoms with E-state index >= 15 is 0 Å². The lowest BCUT2D eigenvalue weighted by Crippen LogP contribution is -2.29. The molecule has 5 atom stereocenters. The summed E-state index contributed by atoms with van der Waals surface area (Å²) in [5.41, 5.74) is 0. The van der Waals surface area contributed by atoms with Crippen LogP contribution in [-0.4, -0.2) is 34.6 Å². The number of hydrogen-bond donors (Lipinski definition) is 2. The van der Waals surface area contributed by atoms with Crippen LogP contribution < -0.4 is 0 Å². The predicted octanol–water partition coefficient (Wildman–Crippen LogP) is 4.52. The maximum absolute atomic E-state index is 10.5. The van der Waals surface area contributed by atoms with Gasteiger partial charge in [0.05, 0.1) is 6.10 Å². The monoisotopic (exact) mass is 368 g/mol. The summed E-state index contributed by atoms with van der Waals surface area (Å²) in [6.45, 7) is 2.15. The van der Waals surface area contributed by atoms with E-state index in [2.05, 4.69) is 30.0 Å². The van der Waals surface area contributed by atoms with E-state index in [-0.39, 0.29) is 30.7 Å². The number of hydrogen-bond acceptors (Lipinski definition) is 5. The molecule has 0 amide bonds. The average molecular weight is 368 g/mol. The van der Waals surface area contributed by atoms with Crippen molar-refractivity contribution in [1.29, 1.82) is 0 Å². The van der Waals surface area contributed by atoms with Gasteiger partial charge in [0.1, 0.15) is 12.2 Å². The topological polar surface area (TPSA) is 85.2 Å². The first-order valence-electron chi connectivity index (χ1n) is 9.83. The lowest BCUT2D eigenvalue weighted by Gasteiger charge is -2.27. The number of aliphatic carboxylic acids is 1. The van der Waals surface area contributed by atoms with E-state index in [1.165, 1.54) is 0 Å². The molecule has 2 rings (SSSR count). The molecule has 0 radical (unpaired) electrons. The number of carbonyl (C=O) groups is 1. The summed E-state index contributed by atoms with van der Waals surface area (Å²) >= 11 is 0. The molecule has 148 valence electrons. The predicted molar refractivity (Wildman–Crippen MR) is 97.4 cm³/mol. The van der Waals surface area contributed by atoms with Crippen molar-refractivity contribution in [2.45, 2.75) is 83.0 Å². The molecule has 1 unspecified atom stereocenters. The fraction of sp³-hybridized carbons (Fsp3) is 0.750. The quantitative estimate of drug-likeness (QED) is 0.215. The SMILES string of the molecule is CCCCC[C@@H](/C=C/[C@@H]1C(C/C=C\CCCC(=O)O)[C@@H]2C[C@H]1OO2)OO. The summed E-state index contributed by atoms with van der Waals surface area (Å²) in [5, 5.41) is 17.8. The molecule has 2 bridgehead atoms. The summed E-state index contributed by atoms with van der Waals surface area (Å²) in [6.07, 6.45) is 15.7. The van der Waals surface area contributed by atoms with E-state index in [1.807, 2.05) is 6.08 Å². The average Bonchev–Trinajstić information content (AvgIpc) is 3.22. The third-order valence-corrected chi connectivity index (χ3v) is 5.28. The van der Waals surface area contributed by atoms with Crippen molar-refractivity contribution >= 4 is 5.97 Å². The second-order valence-corrected chi connectivity index (χ2v) is 7.26. The lowest BCUT2D eigenvalue weighted by atomic mass is 9.89. The Hall–Kier alpha value is -1.21. The van der Waals surface area contributed by atoms with Crippen LogP contribution in [0.2, 0.25) is 0 Å². The minimum absolute atomic E-state index is 0.0663. The molecule has 1 saturated carbocycles. The van der Waals surface area contributed by atoms with Gasteiger partial charge < -0.3 is 5.11 Å². The van der Waals surface area contributed by atoms with Crippen LogP contribution in [0.1, 0.15) is 64.7 Å². The van der Waals surface area contributed by atoms with Gasteiger partial charge in [0.25, 0.3) is 0 Å².